The second kappa shape index (κ2) is 5.65. The smallest absolute Gasteiger partial charge is 0.399 e. The van der Waals surface area contributed by atoms with Crippen LogP contribution in [0.3, 0.4) is 0 Å². The van der Waals surface area contributed by atoms with Crippen molar-refractivity contribution in [2.75, 3.05) is 20.6 Å². The normalized spacial score (nSPS) is 19.9. The Labute approximate surface area is 139 Å². The summed E-state index contributed by atoms with van der Waals surface area (Å²) in [6.07, 6.45) is 2.15. The summed E-state index contributed by atoms with van der Waals surface area (Å²) in [5.41, 5.74) is 1.71. The summed E-state index contributed by atoms with van der Waals surface area (Å²) in [7, 11) is 3.89. The molecule has 0 amide bonds. The molecule has 5 heteroatoms. The molecular weight excluding hydrogens is 287 g/mol. The molecule has 3 rings (SSSR count). The standard InChI is InChI=1S/C18H27BN2O2/c1-17(2)18(3,4)23-19(22-17)15-8-7-14-9-10-21(16(14)13-15)12-11-20(5)6/h7-10,13H,11-12H2,1-6H3. The van der Waals surface area contributed by atoms with Gasteiger partial charge in [-0.25, -0.2) is 0 Å². The Balaban J connectivity index is 1.90. The maximum atomic E-state index is 6.17. The van der Waals surface area contributed by atoms with E-state index in [2.05, 4.69) is 81.7 Å². The number of nitrogens with zero attached hydrogens (tertiary/aromatic N) is 2. The zero-order chi connectivity index (χ0) is 16.8. The van der Waals surface area contributed by atoms with E-state index in [0.717, 1.165) is 18.6 Å². The second-order valence-electron chi connectivity index (χ2n) is 7.72. The number of aromatic nitrogens is 1. The van der Waals surface area contributed by atoms with Crippen molar-refractivity contribution >= 4 is 23.5 Å². The van der Waals surface area contributed by atoms with Crippen molar-refractivity contribution in [1.29, 1.82) is 0 Å². The highest BCUT2D eigenvalue weighted by Gasteiger charge is 2.51. The fourth-order valence-corrected chi connectivity index (χ4v) is 2.83. The van der Waals surface area contributed by atoms with Crippen molar-refractivity contribution in [2.24, 2.45) is 0 Å². The SMILES string of the molecule is CN(C)CCn1ccc2ccc(B3OC(C)(C)C(C)(C)O3)cc21. The highest BCUT2D eigenvalue weighted by molar-refractivity contribution is 6.62. The van der Waals surface area contributed by atoms with Crippen LogP contribution < -0.4 is 5.46 Å². The molecule has 2 heterocycles. The molecule has 1 aliphatic heterocycles. The van der Waals surface area contributed by atoms with Crippen molar-refractivity contribution in [3.05, 3.63) is 30.5 Å². The van der Waals surface area contributed by atoms with Crippen LogP contribution in [-0.2, 0) is 15.9 Å². The van der Waals surface area contributed by atoms with E-state index in [1.54, 1.807) is 0 Å². The molecule has 124 valence electrons. The zero-order valence-electron chi connectivity index (χ0n) is 15.1. The molecule has 0 saturated carbocycles. The molecular formula is C18H27BN2O2. The van der Waals surface area contributed by atoms with Crippen molar-refractivity contribution in [3.8, 4) is 0 Å². The van der Waals surface area contributed by atoms with Gasteiger partial charge in [-0.15, -0.1) is 0 Å². The minimum atomic E-state index is -0.306. The van der Waals surface area contributed by atoms with E-state index in [4.69, 9.17) is 9.31 Å². The third-order valence-electron chi connectivity index (χ3n) is 5.11. The van der Waals surface area contributed by atoms with Crippen LogP contribution in [0.2, 0.25) is 0 Å². The summed E-state index contributed by atoms with van der Waals surface area (Å²) in [5, 5.41) is 1.25. The zero-order valence-corrected chi connectivity index (χ0v) is 15.1. The lowest BCUT2D eigenvalue weighted by Crippen LogP contribution is -2.41. The molecule has 0 bridgehead atoms. The molecule has 1 aliphatic rings. The molecule has 1 saturated heterocycles. The van der Waals surface area contributed by atoms with Crippen LogP contribution >= 0.6 is 0 Å². The second-order valence-corrected chi connectivity index (χ2v) is 7.72. The van der Waals surface area contributed by atoms with E-state index >= 15 is 0 Å². The first kappa shape index (κ1) is 16.6. The topological polar surface area (TPSA) is 26.6 Å². The van der Waals surface area contributed by atoms with Crippen LogP contribution in [0.4, 0.5) is 0 Å². The Morgan fingerprint density at radius 1 is 1.04 bits per heavy atom. The fraction of sp³-hybridized carbons (Fsp3) is 0.556. The van der Waals surface area contributed by atoms with Gasteiger partial charge in [0.1, 0.15) is 0 Å². The number of benzene rings is 1. The molecule has 1 aromatic heterocycles. The van der Waals surface area contributed by atoms with Gasteiger partial charge >= 0.3 is 7.12 Å². The van der Waals surface area contributed by atoms with Gasteiger partial charge in [0.25, 0.3) is 0 Å². The van der Waals surface area contributed by atoms with E-state index < -0.39 is 0 Å². The Kier molecular flexibility index (Phi) is 4.07. The first-order chi connectivity index (χ1) is 10.7. The molecule has 0 N–H and O–H groups in total. The first-order valence-electron chi connectivity index (χ1n) is 8.29. The Hall–Kier alpha value is -1.30. The third kappa shape index (κ3) is 3.05. The fourth-order valence-electron chi connectivity index (χ4n) is 2.83. The lowest BCUT2D eigenvalue weighted by Gasteiger charge is -2.32. The predicted octanol–water partition coefficient (Wildman–Crippen LogP) is 2.50. The Morgan fingerprint density at radius 3 is 2.30 bits per heavy atom. The number of hydrogen-bond acceptors (Lipinski definition) is 3. The molecule has 23 heavy (non-hydrogen) atoms. The van der Waals surface area contributed by atoms with E-state index in [1.807, 2.05) is 0 Å². The number of likely N-dealkylation sites (N-methyl/N-ethyl adjacent to an activating group) is 1. The minimum Gasteiger partial charge on any atom is -0.399 e. The number of fused-ring (bicyclic) bond motifs is 1. The van der Waals surface area contributed by atoms with Gasteiger partial charge in [0, 0.05) is 24.8 Å². The van der Waals surface area contributed by atoms with E-state index in [9.17, 15) is 0 Å². The van der Waals surface area contributed by atoms with Gasteiger partial charge in [-0.2, -0.15) is 0 Å². The summed E-state index contributed by atoms with van der Waals surface area (Å²) in [5.74, 6) is 0. The molecule has 1 aromatic carbocycles. The van der Waals surface area contributed by atoms with Crippen molar-refractivity contribution < 1.29 is 9.31 Å². The highest BCUT2D eigenvalue weighted by Crippen LogP contribution is 2.36. The molecule has 0 atom stereocenters. The third-order valence-corrected chi connectivity index (χ3v) is 5.11. The lowest BCUT2D eigenvalue weighted by molar-refractivity contribution is 0.00578. The molecule has 0 spiro atoms. The van der Waals surface area contributed by atoms with Crippen LogP contribution in [-0.4, -0.2) is 48.4 Å². The van der Waals surface area contributed by atoms with Gasteiger partial charge in [0.05, 0.1) is 11.2 Å². The minimum absolute atomic E-state index is 0.304. The quantitative estimate of drug-likeness (QED) is 0.811. The summed E-state index contributed by atoms with van der Waals surface area (Å²) in [6.45, 7) is 10.3. The van der Waals surface area contributed by atoms with Crippen LogP contribution in [0.5, 0.6) is 0 Å². The molecule has 0 aliphatic carbocycles. The average Bonchev–Trinajstić information content (AvgIpc) is 2.94. The van der Waals surface area contributed by atoms with Gasteiger partial charge in [-0.3, -0.25) is 0 Å². The number of rotatable bonds is 4. The van der Waals surface area contributed by atoms with E-state index in [1.165, 1.54) is 10.9 Å². The van der Waals surface area contributed by atoms with Gasteiger partial charge in [0.15, 0.2) is 0 Å². The van der Waals surface area contributed by atoms with Crippen molar-refractivity contribution in [2.45, 2.75) is 45.4 Å². The van der Waals surface area contributed by atoms with E-state index in [0.29, 0.717) is 0 Å². The van der Waals surface area contributed by atoms with Crippen LogP contribution in [0.15, 0.2) is 30.5 Å². The molecule has 0 unspecified atom stereocenters. The molecule has 1 fully saturated rings. The monoisotopic (exact) mass is 314 g/mol. The Morgan fingerprint density at radius 2 is 1.70 bits per heavy atom. The van der Waals surface area contributed by atoms with Gasteiger partial charge < -0.3 is 18.8 Å². The van der Waals surface area contributed by atoms with Crippen molar-refractivity contribution in [1.82, 2.24) is 9.47 Å². The summed E-state index contributed by atoms with van der Waals surface area (Å²) in [6, 6.07) is 8.63. The molecule has 0 radical (unpaired) electrons. The maximum Gasteiger partial charge on any atom is 0.494 e. The van der Waals surface area contributed by atoms with Crippen molar-refractivity contribution in [3.63, 3.8) is 0 Å². The van der Waals surface area contributed by atoms with Crippen LogP contribution in [0.25, 0.3) is 10.9 Å². The van der Waals surface area contributed by atoms with Gasteiger partial charge in [-0.05, 0) is 64.8 Å². The highest BCUT2D eigenvalue weighted by atomic mass is 16.7. The summed E-state index contributed by atoms with van der Waals surface area (Å²) in [4.78, 5) is 2.20. The number of hydrogen-bond donors (Lipinski definition) is 0. The summed E-state index contributed by atoms with van der Waals surface area (Å²) >= 11 is 0. The maximum absolute atomic E-state index is 6.17. The van der Waals surface area contributed by atoms with Gasteiger partial charge in [-0.1, -0.05) is 12.1 Å². The predicted molar refractivity (Wildman–Crippen MR) is 96.2 cm³/mol. The molecule has 4 nitrogen and oxygen atoms in total. The molecule has 2 aromatic rings. The lowest BCUT2D eigenvalue weighted by atomic mass is 9.79. The van der Waals surface area contributed by atoms with Gasteiger partial charge in [0.2, 0.25) is 0 Å². The summed E-state index contributed by atoms with van der Waals surface area (Å²) < 4.78 is 14.6. The average molecular weight is 314 g/mol. The van der Waals surface area contributed by atoms with Crippen LogP contribution in [0, 0.1) is 0 Å². The largest absolute Gasteiger partial charge is 0.494 e. The Bertz CT molecular complexity index is 690. The van der Waals surface area contributed by atoms with E-state index in [-0.39, 0.29) is 18.3 Å². The van der Waals surface area contributed by atoms with Crippen LogP contribution in [0.1, 0.15) is 27.7 Å². The first-order valence-corrected chi connectivity index (χ1v) is 8.29.